The van der Waals surface area contributed by atoms with Gasteiger partial charge in [-0.2, -0.15) is 15.0 Å². The second-order valence-electron chi connectivity index (χ2n) is 8.27. The van der Waals surface area contributed by atoms with Crippen LogP contribution in [0.4, 0.5) is 0 Å². The smallest absolute Gasteiger partial charge is 0.256 e. The predicted molar refractivity (Wildman–Crippen MR) is 122 cm³/mol. The van der Waals surface area contributed by atoms with Crippen LogP contribution >= 0.6 is 0 Å². The second kappa shape index (κ2) is 8.99. The lowest BCUT2D eigenvalue weighted by Crippen LogP contribution is -2.45. The molecule has 0 spiro atoms. The molecule has 1 fully saturated rings. The number of hydrogen-bond donors (Lipinski definition) is 1. The maximum atomic E-state index is 13.6. The Balaban J connectivity index is 1.43. The zero-order valence-corrected chi connectivity index (χ0v) is 18.3. The summed E-state index contributed by atoms with van der Waals surface area (Å²) < 4.78 is 6.15. The molecule has 0 saturated carbocycles. The molecule has 3 heterocycles. The number of nitrogens with zero attached hydrogens (tertiary/aromatic N) is 5. The molecule has 5 rings (SSSR count). The summed E-state index contributed by atoms with van der Waals surface area (Å²) in [6, 6.07) is 17.1. The zero-order chi connectivity index (χ0) is 22.8. The number of amides is 1. The molecule has 2 aromatic carbocycles. The van der Waals surface area contributed by atoms with Crippen LogP contribution in [0.5, 0.6) is 0 Å². The topological polar surface area (TPSA) is 97.3 Å². The van der Waals surface area contributed by atoms with Gasteiger partial charge >= 0.3 is 0 Å². The molecule has 1 amide bonds. The van der Waals surface area contributed by atoms with Gasteiger partial charge in [-0.15, -0.1) is 0 Å². The minimum absolute atomic E-state index is 0.0529. The third-order valence-electron chi connectivity index (χ3n) is 6.16. The van der Waals surface area contributed by atoms with Crippen molar-refractivity contribution >= 4 is 5.91 Å². The fourth-order valence-corrected chi connectivity index (χ4v) is 4.38. The van der Waals surface area contributed by atoms with Crippen LogP contribution in [-0.4, -0.2) is 48.5 Å². The van der Waals surface area contributed by atoms with Gasteiger partial charge in [0.1, 0.15) is 5.69 Å². The van der Waals surface area contributed by atoms with E-state index in [0.717, 1.165) is 18.4 Å². The van der Waals surface area contributed by atoms with Crippen molar-refractivity contribution in [2.45, 2.75) is 38.3 Å². The summed E-state index contributed by atoms with van der Waals surface area (Å²) in [4.78, 5) is 21.6. The number of piperidine rings is 1. The van der Waals surface area contributed by atoms with Gasteiger partial charge in [-0.1, -0.05) is 42.5 Å². The third kappa shape index (κ3) is 4.05. The molecule has 0 bridgehead atoms. The van der Waals surface area contributed by atoms with Gasteiger partial charge in [0.25, 0.3) is 5.91 Å². The van der Waals surface area contributed by atoms with E-state index in [0.29, 0.717) is 35.1 Å². The van der Waals surface area contributed by atoms with E-state index in [1.165, 1.54) is 4.80 Å². The summed E-state index contributed by atoms with van der Waals surface area (Å²) in [6.45, 7) is 2.34. The van der Waals surface area contributed by atoms with Crippen LogP contribution in [-0.2, 0) is 6.61 Å². The number of hydrogen-bond acceptors (Lipinski definition) is 6. The van der Waals surface area contributed by atoms with Crippen molar-refractivity contribution < 1.29 is 14.3 Å². The van der Waals surface area contributed by atoms with Crippen LogP contribution in [0.1, 0.15) is 47.6 Å². The quantitative estimate of drug-likeness (QED) is 0.504. The molecular weight excluding hydrogens is 418 g/mol. The molecule has 0 radical (unpaired) electrons. The average Bonchev–Trinajstić information content (AvgIpc) is 3.55. The first-order valence-corrected chi connectivity index (χ1v) is 11.1. The number of carbonyl (C=O) groups is 1. The lowest BCUT2D eigenvalue weighted by molar-refractivity contribution is 0.0597. The molecular formula is C25H25N5O3. The number of aliphatic hydroxyl groups excluding tert-OH is 1. The van der Waals surface area contributed by atoms with Gasteiger partial charge in [0.15, 0.2) is 11.7 Å². The maximum absolute atomic E-state index is 13.6. The molecule has 1 N–H and O–H groups in total. The first-order valence-electron chi connectivity index (χ1n) is 11.1. The number of aliphatic hydroxyl groups is 1. The van der Waals surface area contributed by atoms with E-state index in [-0.39, 0.29) is 24.5 Å². The minimum atomic E-state index is -0.205. The van der Waals surface area contributed by atoms with E-state index in [2.05, 4.69) is 22.1 Å². The molecule has 1 saturated heterocycles. The second-order valence-corrected chi connectivity index (χ2v) is 8.27. The number of para-hydroxylation sites is 1. The summed E-state index contributed by atoms with van der Waals surface area (Å²) in [5.74, 6) is 1.02. The number of aromatic nitrogens is 4. The fourth-order valence-electron chi connectivity index (χ4n) is 4.38. The highest BCUT2D eigenvalue weighted by Gasteiger charge is 2.34. The highest BCUT2D eigenvalue weighted by molar-refractivity contribution is 5.98. The Labute approximate surface area is 191 Å². The Bertz CT molecular complexity index is 1240. The minimum Gasteiger partial charge on any atom is -0.440 e. The zero-order valence-electron chi connectivity index (χ0n) is 18.3. The van der Waals surface area contributed by atoms with Gasteiger partial charge in [0.05, 0.1) is 36.2 Å². The Morgan fingerprint density at radius 3 is 2.55 bits per heavy atom. The third-order valence-corrected chi connectivity index (χ3v) is 6.16. The number of rotatable bonds is 5. The molecule has 2 aromatic heterocycles. The highest BCUT2D eigenvalue weighted by atomic mass is 16.4. The van der Waals surface area contributed by atoms with E-state index < -0.39 is 0 Å². The van der Waals surface area contributed by atoms with Crippen molar-refractivity contribution in [3.05, 3.63) is 84.1 Å². The van der Waals surface area contributed by atoms with Gasteiger partial charge in [-0.3, -0.25) is 4.79 Å². The van der Waals surface area contributed by atoms with Crippen molar-refractivity contribution in [2.24, 2.45) is 0 Å². The Hall–Kier alpha value is -3.78. The molecule has 8 heteroatoms. The molecule has 33 heavy (non-hydrogen) atoms. The predicted octanol–water partition coefficient (Wildman–Crippen LogP) is 3.82. The molecule has 168 valence electrons. The normalized spacial score (nSPS) is 18.4. The van der Waals surface area contributed by atoms with Gasteiger partial charge in [0.2, 0.25) is 0 Å². The standard InChI is InChI=1S/C25H25N5O3/c1-17-11-12-19(24-28-21(16-31)23(33-24)18-7-3-2-4-8-18)15-29(17)25(32)20-9-5-6-10-22(20)30-26-13-14-27-30/h2-10,13-14,17,19,31H,11-12,15-16H2,1H3. The largest absolute Gasteiger partial charge is 0.440 e. The van der Waals surface area contributed by atoms with Crippen LogP contribution in [0.25, 0.3) is 17.0 Å². The van der Waals surface area contributed by atoms with Crippen LogP contribution in [0, 0.1) is 0 Å². The maximum Gasteiger partial charge on any atom is 0.256 e. The molecule has 2 atom stereocenters. The molecule has 0 aliphatic carbocycles. The molecule has 1 aliphatic rings. The Kier molecular flexibility index (Phi) is 5.75. The van der Waals surface area contributed by atoms with Gasteiger partial charge < -0.3 is 14.4 Å². The number of benzene rings is 2. The monoisotopic (exact) mass is 443 g/mol. The van der Waals surface area contributed by atoms with Crippen molar-refractivity contribution in [3.63, 3.8) is 0 Å². The van der Waals surface area contributed by atoms with E-state index >= 15 is 0 Å². The van der Waals surface area contributed by atoms with E-state index in [1.807, 2.05) is 53.4 Å². The van der Waals surface area contributed by atoms with Crippen LogP contribution in [0.2, 0.25) is 0 Å². The molecule has 8 nitrogen and oxygen atoms in total. The van der Waals surface area contributed by atoms with Gasteiger partial charge in [-0.05, 0) is 31.9 Å². The van der Waals surface area contributed by atoms with E-state index in [4.69, 9.17) is 4.42 Å². The summed E-state index contributed by atoms with van der Waals surface area (Å²) in [5, 5.41) is 18.2. The summed E-state index contributed by atoms with van der Waals surface area (Å²) >= 11 is 0. The first-order chi connectivity index (χ1) is 16.2. The van der Waals surface area contributed by atoms with E-state index in [9.17, 15) is 9.90 Å². The summed E-state index contributed by atoms with van der Waals surface area (Å²) in [7, 11) is 0. The van der Waals surface area contributed by atoms with Crippen molar-refractivity contribution in [3.8, 4) is 17.0 Å². The van der Waals surface area contributed by atoms with Gasteiger partial charge in [-0.25, -0.2) is 4.98 Å². The van der Waals surface area contributed by atoms with Crippen molar-refractivity contribution in [2.75, 3.05) is 6.54 Å². The van der Waals surface area contributed by atoms with Gasteiger partial charge in [0, 0.05) is 18.2 Å². The summed E-state index contributed by atoms with van der Waals surface area (Å²) in [5.41, 5.74) is 2.59. The molecule has 4 aromatic rings. The van der Waals surface area contributed by atoms with Crippen LogP contribution in [0.3, 0.4) is 0 Å². The van der Waals surface area contributed by atoms with Crippen molar-refractivity contribution in [1.29, 1.82) is 0 Å². The highest BCUT2D eigenvalue weighted by Crippen LogP contribution is 2.34. The Morgan fingerprint density at radius 1 is 1.06 bits per heavy atom. The van der Waals surface area contributed by atoms with Crippen molar-refractivity contribution in [1.82, 2.24) is 24.9 Å². The Morgan fingerprint density at radius 2 is 1.79 bits per heavy atom. The van der Waals surface area contributed by atoms with Crippen LogP contribution < -0.4 is 0 Å². The number of likely N-dealkylation sites (tertiary alicyclic amines) is 1. The SMILES string of the molecule is CC1CCC(c2nc(CO)c(-c3ccccc3)o2)CN1C(=O)c1ccccc1-n1nccn1. The number of oxazole rings is 1. The molecule has 1 aliphatic heterocycles. The van der Waals surface area contributed by atoms with Crippen LogP contribution in [0.15, 0.2) is 71.4 Å². The summed E-state index contributed by atoms with van der Waals surface area (Å²) in [6.07, 6.45) is 4.86. The van der Waals surface area contributed by atoms with E-state index in [1.54, 1.807) is 18.5 Å². The first kappa shape index (κ1) is 21.1. The average molecular weight is 444 g/mol. The lowest BCUT2D eigenvalue weighted by atomic mass is 9.92. The molecule has 2 unspecified atom stereocenters. The fraction of sp³-hybridized carbons (Fsp3) is 0.280. The number of carbonyl (C=O) groups excluding carboxylic acids is 1. The lowest BCUT2D eigenvalue weighted by Gasteiger charge is -2.37.